The Bertz CT molecular complexity index is 366. The van der Waals surface area contributed by atoms with E-state index in [0.717, 1.165) is 25.7 Å². The van der Waals surface area contributed by atoms with E-state index in [1.807, 2.05) is 27.7 Å². The van der Waals surface area contributed by atoms with Gasteiger partial charge in [-0.3, -0.25) is 9.59 Å². The van der Waals surface area contributed by atoms with Crippen LogP contribution < -0.4 is 0 Å². The Balaban J connectivity index is 4.09. The SMILES string of the molecule is CCC(CO)CC(CC)OC(=O)CCCCC(=O)OC(CC)CC(CC)CO. The van der Waals surface area contributed by atoms with Crippen LogP contribution in [0.15, 0.2) is 0 Å². The molecule has 0 rings (SSSR count). The number of aliphatic hydroxyl groups excluding tert-OH is 2. The van der Waals surface area contributed by atoms with E-state index < -0.39 is 0 Å². The summed E-state index contributed by atoms with van der Waals surface area (Å²) < 4.78 is 11.0. The van der Waals surface area contributed by atoms with Gasteiger partial charge < -0.3 is 19.7 Å². The second-order valence-corrected chi connectivity index (χ2v) is 7.63. The second kappa shape index (κ2) is 16.8. The van der Waals surface area contributed by atoms with Gasteiger partial charge in [0, 0.05) is 26.1 Å². The summed E-state index contributed by atoms with van der Waals surface area (Å²) in [6.45, 7) is 8.21. The van der Waals surface area contributed by atoms with Crippen molar-refractivity contribution >= 4 is 11.9 Å². The molecule has 0 aliphatic rings. The first-order valence-corrected chi connectivity index (χ1v) is 11.0. The van der Waals surface area contributed by atoms with Crippen LogP contribution in [0, 0.1) is 11.8 Å². The van der Waals surface area contributed by atoms with Crippen molar-refractivity contribution < 1.29 is 29.3 Å². The molecule has 6 heteroatoms. The number of esters is 2. The molecule has 0 aromatic heterocycles. The van der Waals surface area contributed by atoms with Crippen molar-refractivity contribution in [3.05, 3.63) is 0 Å². The Kier molecular flexibility index (Phi) is 16.1. The molecular weight excluding hydrogens is 360 g/mol. The molecule has 4 unspecified atom stereocenters. The summed E-state index contributed by atoms with van der Waals surface area (Å²) in [4.78, 5) is 24.0. The third kappa shape index (κ3) is 12.3. The lowest BCUT2D eigenvalue weighted by Crippen LogP contribution is -2.23. The number of hydrogen-bond donors (Lipinski definition) is 2. The van der Waals surface area contributed by atoms with E-state index in [1.54, 1.807) is 0 Å². The largest absolute Gasteiger partial charge is 0.462 e. The fourth-order valence-electron chi connectivity index (χ4n) is 3.11. The molecule has 0 bridgehead atoms. The van der Waals surface area contributed by atoms with E-state index in [1.165, 1.54) is 0 Å². The zero-order valence-electron chi connectivity index (χ0n) is 18.3. The summed E-state index contributed by atoms with van der Waals surface area (Å²) in [6.07, 6.45) is 6.03. The number of rotatable bonds is 17. The lowest BCUT2D eigenvalue weighted by Gasteiger charge is -2.21. The molecule has 0 aliphatic heterocycles. The Hall–Kier alpha value is -1.14. The van der Waals surface area contributed by atoms with Crippen molar-refractivity contribution in [1.82, 2.24) is 0 Å². The van der Waals surface area contributed by atoms with Crippen LogP contribution in [0.1, 0.15) is 91.9 Å². The third-order valence-corrected chi connectivity index (χ3v) is 5.38. The fourth-order valence-corrected chi connectivity index (χ4v) is 3.11. The average Bonchev–Trinajstić information content (AvgIpc) is 2.71. The van der Waals surface area contributed by atoms with Crippen LogP contribution in [0.4, 0.5) is 0 Å². The zero-order valence-corrected chi connectivity index (χ0v) is 18.3. The van der Waals surface area contributed by atoms with Gasteiger partial charge in [-0.05, 0) is 50.4 Å². The minimum absolute atomic E-state index is 0.114. The standard InChI is InChI=1S/C22H42O6/c1-5-17(15-23)13-19(7-3)27-21(25)11-9-10-12-22(26)28-20(8-4)14-18(6-2)16-24/h17-20,23-24H,5-16H2,1-4H3. The van der Waals surface area contributed by atoms with Crippen molar-refractivity contribution in [2.45, 2.75) is 104 Å². The topological polar surface area (TPSA) is 93.1 Å². The number of ether oxygens (including phenoxy) is 2. The number of hydrogen-bond acceptors (Lipinski definition) is 6. The molecule has 0 heterocycles. The molecule has 0 saturated heterocycles. The second-order valence-electron chi connectivity index (χ2n) is 7.63. The highest BCUT2D eigenvalue weighted by Crippen LogP contribution is 2.18. The molecular formula is C22H42O6. The predicted octanol–water partition coefficient (Wildman–Crippen LogP) is 4.01. The molecule has 0 radical (unpaired) electrons. The van der Waals surface area contributed by atoms with E-state index in [2.05, 4.69) is 0 Å². The summed E-state index contributed by atoms with van der Waals surface area (Å²) in [6, 6.07) is 0. The first-order valence-electron chi connectivity index (χ1n) is 11.0. The molecule has 4 atom stereocenters. The van der Waals surface area contributed by atoms with Gasteiger partial charge in [0.05, 0.1) is 0 Å². The van der Waals surface area contributed by atoms with Gasteiger partial charge in [0.1, 0.15) is 12.2 Å². The molecule has 0 aliphatic carbocycles. The lowest BCUT2D eigenvalue weighted by molar-refractivity contribution is -0.152. The van der Waals surface area contributed by atoms with E-state index in [4.69, 9.17) is 9.47 Å². The molecule has 0 aromatic rings. The Labute approximate surface area is 171 Å². The first-order chi connectivity index (χ1) is 13.4. The van der Waals surface area contributed by atoms with E-state index in [9.17, 15) is 19.8 Å². The van der Waals surface area contributed by atoms with Crippen molar-refractivity contribution in [3.63, 3.8) is 0 Å². The number of carbonyl (C=O) groups excluding carboxylic acids is 2. The summed E-state index contributed by atoms with van der Waals surface area (Å²) in [5.41, 5.74) is 0. The average molecular weight is 403 g/mol. The molecule has 166 valence electrons. The summed E-state index contributed by atoms with van der Waals surface area (Å²) in [5.74, 6) is -0.157. The first kappa shape index (κ1) is 26.9. The predicted molar refractivity (Wildman–Crippen MR) is 110 cm³/mol. The summed E-state index contributed by atoms with van der Waals surface area (Å²) in [7, 11) is 0. The van der Waals surface area contributed by atoms with Gasteiger partial charge in [-0.25, -0.2) is 0 Å². The zero-order chi connectivity index (χ0) is 21.4. The van der Waals surface area contributed by atoms with Gasteiger partial charge in [0.25, 0.3) is 0 Å². The van der Waals surface area contributed by atoms with Gasteiger partial charge in [0.15, 0.2) is 0 Å². The molecule has 2 N–H and O–H groups in total. The molecule has 0 spiro atoms. The quantitative estimate of drug-likeness (QED) is 0.282. The number of unbranched alkanes of at least 4 members (excludes halogenated alkanes) is 1. The summed E-state index contributed by atoms with van der Waals surface area (Å²) >= 11 is 0. The van der Waals surface area contributed by atoms with E-state index >= 15 is 0 Å². The smallest absolute Gasteiger partial charge is 0.306 e. The van der Waals surface area contributed by atoms with Crippen LogP contribution in [-0.2, 0) is 19.1 Å². The Morgan fingerprint density at radius 3 is 1.29 bits per heavy atom. The lowest BCUT2D eigenvalue weighted by atomic mass is 9.98. The Morgan fingerprint density at radius 2 is 1.04 bits per heavy atom. The highest BCUT2D eigenvalue weighted by molar-refractivity contribution is 5.70. The maximum Gasteiger partial charge on any atom is 0.306 e. The maximum absolute atomic E-state index is 12.0. The third-order valence-electron chi connectivity index (χ3n) is 5.38. The van der Waals surface area contributed by atoms with Crippen LogP contribution >= 0.6 is 0 Å². The van der Waals surface area contributed by atoms with Gasteiger partial charge in [-0.1, -0.05) is 40.5 Å². The minimum Gasteiger partial charge on any atom is -0.462 e. The van der Waals surface area contributed by atoms with Crippen LogP contribution in [0.3, 0.4) is 0 Å². The molecule has 28 heavy (non-hydrogen) atoms. The minimum atomic E-state index is -0.242. The fraction of sp³-hybridized carbons (Fsp3) is 0.909. The van der Waals surface area contributed by atoms with Crippen LogP contribution in [0.2, 0.25) is 0 Å². The highest BCUT2D eigenvalue weighted by atomic mass is 16.5. The molecule has 0 aromatic carbocycles. The van der Waals surface area contributed by atoms with Crippen molar-refractivity contribution in [1.29, 1.82) is 0 Å². The molecule has 0 amide bonds. The van der Waals surface area contributed by atoms with Crippen LogP contribution in [-0.4, -0.2) is 47.6 Å². The van der Waals surface area contributed by atoms with Crippen molar-refractivity contribution in [2.75, 3.05) is 13.2 Å². The molecule has 0 saturated carbocycles. The van der Waals surface area contributed by atoms with Crippen LogP contribution in [0.25, 0.3) is 0 Å². The van der Waals surface area contributed by atoms with Crippen LogP contribution in [0.5, 0.6) is 0 Å². The highest BCUT2D eigenvalue weighted by Gasteiger charge is 2.19. The van der Waals surface area contributed by atoms with Gasteiger partial charge >= 0.3 is 11.9 Å². The molecule has 0 fully saturated rings. The number of carbonyl (C=O) groups is 2. The van der Waals surface area contributed by atoms with Gasteiger partial charge in [-0.2, -0.15) is 0 Å². The van der Waals surface area contributed by atoms with Gasteiger partial charge in [0.2, 0.25) is 0 Å². The molecule has 6 nitrogen and oxygen atoms in total. The van der Waals surface area contributed by atoms with Gasteiger partial charge in [-0.15, -0.1) is 0 Å². The van der Waals surface area contributed by atoms with Crippen molar-refractivity contribution in [2.24, 2.45) is 11.8 Å². The van der Waals surface area contributed by atoms with E-state index in [0.29, 0.717) is 38.5 Å². The van der Waals surface area contributed by atoms with E-state index in [-0.39, 0.29) is 49.2 Å². The monoisotopic (exact) mass is 402 g/mol. The normalized spacial score (nSPS) is 15.5. The Morgan fingerprint density at radius 1 is 0.679 bits per heavy atom. The number of aliphatic hydroxyl groups is 2. The van der Waals surface area contributed by atoms with Crippen molar-refractivity contribution in [3.8, 4) is 0 Å². The maximum atomic E-state index is 12.0. The summed E-state index contributed by atoms with van der Waals surface area (Å²) in [5, 5.41) is 18.6.